The molecule has 2 aromatic carbocycles. The molecular formula is C30H30N4O10S2. The van der Waals surface area contributed by atoms with Crippen LogP contribution in [0.2, 0.25) is 0 Å². The van der Waals surface area contributed by atoms with E-state index in [0.717, 1.165) is 0 Å². The van der Waals surface area contributed by atoms with Gasteiger partial charge in [0.25, 0.3) is 0 Å². The minimum atomic E-state index is -2.31. The lowest BCUT2D eigenvalue weighted by Gasteiger charge is -2.27. The first-order chi connectivity index (χ1) is 22.2. The average molecular weight is 671 g/mol. The monoisotopic (exact) mass is 670 g/mol. The molecule has 2 aromatic rings. The van der Waals surface area contributed by atoms with E-state index in [1.165, 1.54) is 0 Å². The van der Waals surface area contributed by atoms with Gasteiger partial charge in [-0.25, -0.2) is 28.0 Å². The maximum absolute atomic E-state index is 13.9. The van der Waals surface area contributed by atoms with E-state index >= 15 is 0 Å². The quantitative estimate of drug-likeness (QED) is 0.341. The number of amidine groups is 2. The number of ether oxygens (including phenoxy) is 6. The molecule has 0 radical (unpaired) electrons. The minimum absolute atomic E-state index is 0.0518. The van der Waals surface area contributed by atoms with Crippen molar-refractivity contribution in [2.75, 3.05) is 26.8 Å². The van der Waals surface area contributed by atoms with E-state index in [0.29, 0.717) is 45.5 Å². The van der Waals surface area contributed by atoms with Crippen LogP contribution in [0.15, 0.2) is 68.9 Å². The number of carbonyl (C=O) groups is 2. The highest BCUT2D eigenvalue weighted by molar-refractivity contribution is 8.72. The highest BCUT2D eigenvalue weighted by Crippen LogP contribution is 2.40. The summed E-state index contributed by atoms with van der Waals surface area (Å²) in [7, 11) is -4.63. The van der Waals surface area contributed by atoms with Crippen LogP contribution in [0.25, 0.3) is 0 Å². The summed E-state index contributed by atoms with van der Waals surface area (Å²) in [4.78, 5) is 35.2. The fourth-order valence-electron chi connectivity index (χ4n) is 5.20. The first-order valence-corrected chi connectivity index (χ1v) is 17.1. The van der Waals surface area contributed by atoms with Gasteiger partial charge < -0.3 is 39.1 Å². The molecule has 0 aliphatic carbocycles. The SMILES string of the molecule is CCOC(=O)C1=C(C)NC(S(=O)S(=O)C2=NC(c3ccc4c(c3)OCO4)C(C(=O)OCC)=C(C)N2)=NC1c1ccc2c(c1)OCO2. The Hall–Kier alpha value is -4.70. The first kappa shape index (κ1) is 31.3. The van der Waals surface area contributed by atoms with Gasteiger partial charge in [0, 0.05) is 11.4 Å². The second-order valence-corrected chi connectivity index (χ2v) is 13.7. The van der Waals surface area contributed by atoms with Crippen LogP contribution in [0.3, 0.4) is 0 Å². The second kappa shape index (κ2) is 13.0. The summed E-state index contributed by atoms with van der Waals surface area (Å²) in [6, 6.07) is 8.26. The molecule has 0 fully saturated rings. The van der Waals surface area contributed by atoms with Gasteiger partial charge in [0.15, 0.2) is 42.7 Å². The average Bonchev–Trinajstić information content (AvgIpc) is 3.72. The lowest BCUT2D eigenvalue weighted by molar-refractivity contribution is -0.139. The maximum Gasteiger partial charge on any atom is 0.338 e. The van der Waals surface area contributed by atoms with Gasteiger partial charge in [0.2, 0.25) is 23.9 Å². The zero-order valence-electron chi connectivity index (χ0n) is 25.2. The van der Waals surface area contributed by atoms with Crippen LogP contribution < -0.4 is 29.6 Å². The van der Waals surface area contributed by atoms with E-state index in [9.17, 15) is 18.0 Å². The van der Waals surface area contributed by atoms with Crippen LogP contribution in [0.4, 0.5) is 0 Å². The van der Waals surface area contributed by atoms with Crippen molar-refractivity contribution in [2.24, 2.45) is 9.98 Å². The Labute approximate surface area is 268 Å². The summed E-state index contributed by atoms with van der Waals surface area (Å²) in [5, 5.41) is 5.48. The van der Waals surface area contributed by atoms with Crippen molar-refractivity contribution in [3.63, 3.8) is 0 Å². The van der Waals surface area contributed by atoms with Crippen molar-refractivity contribution in [1.29, 1.82) is 0 Å². The molecule has 4 heterocycles. The van der Waals surface area contributed by atoms with Crippen LogP contribution in [-0.2, 0) is 38.7 Å². The number of benzene rings is 2. The molecular weight excluding hydrogens is 640 g/mol. The molecule has 14 nitrogen and oxygen atoms in total. The summed E-state index contributed by atoms with van der Waals surface area (Å²) in [6.07, 6.45) is 0. The van der Waals surface area contributed by atoms with E-state index in [4.69, 9.17) is 28.4 Å². The zero-order valence-corrected chi connectivity index (χ0v) is 26.9. The summed E-state index contributed by atoms with van der Waals surface area (Å²) in [5.74, 6) is 0.786. The number of hydrogen-bond acceptors (Lipinski definition) is 14. The number of allylic oxidation sites excluding steroid dienone is 2. The number of aliphatic imine (C=N–C) groups is 2. The number of hydrogen-bond donors (Lipinski definition) is 2. The highest BCUT2D eigenvalue weighted by Gasteiger charge is 2.38. The van der Waals surface area contributed by atoms with Crippen LogP contribution in [0.1, 0.15) is 50.9 Å². The van der Waals surface area contributed by atoms with Gasteiger partial charge in [0.1, 0.15) is 12.1 Å². The predicted molar refractivity (Wildman–Crippen MR) is 167 cm³/mol. The van der Waals surface area contributed by atoms with E-state index in [2.05, 4.69) is 20.6 Å². The number of carbonyl (C=O) groups excluding carboxylic acids is 2. The molecule has 0 aromatic heterocycles. The first-order valence-electron chi connectivity index (χ1n) is 14.3. The van der Waals surface area contributed by atoms with Gasteiger partial charge in [0.05, 0.1) is 24.4 Å². The van der Waals surface area contributed by atoms with Crippen molar-refractivity contribution in [1.82, 2.24) is 10.6 Å². The topological polar surface area (TPSA) is 172 Å². The Morgan fingerprint density at radius 3 is 1.50 bits per heavy atom. The van der Waals surface area contributed by atoms with Crippen LogP contribution in [0, 0.1) is 0 Å². The Morgan fingerprint density at radius 1 is 0.717 bits per heavy atom. The second-order valence-electron chi connectivity index (χ2n) is 10.1. The van der Waals surface area contributed by atoms with E-state index in [-0.39, 0.29) is 48.3 Å². The molecule has 46 heavy (non-hydrogen) atoms. The molecule has 4 atom stereocenters. The fraction of sp³-hybridized carbons (Fsp3) is 0.333. The molecule has 4 unspecified atom stereocenters. The van der Waals surface area contributed by atoms with Crippen molar-refractivity contribution in [3.8, 4) is 23.0 Å². The number of fused-ring (bicyclic) bond motifs is 2. The largest absolute Gasteiger partial charge is 0.463 e. The smallest absolute Gasteiger partial charge is 0.338 e. The van der Waals surface area contributed by atoms with Crippen molar-refractivity contribution >= 4 is 41.9 Å². The lowest BCUT2D eigenvalue weighted by atomic mass is 9.96. The van der Waals surface area contributed by atoms with Gasteiger partial charge in [-0.2, -0.15) is 0 Å². The molecule has 0 bridgehead atoms. The third kappa shape index (κ3) is 5.85. The molecule has 0 saturated heterocycles. The molecule has 0 saturated carbocycles. The lowest BCUT2D eigenvalue weighted by Crippen LogP contribution is -2.40. The minimum Gasteiger partial charge on any atom is -0.463 e. The van der Waals surface area contributed by atoms with Crippen LogP contribution in [0.5, 0.6) is 23.0 Å². The number of rotatable bonds is 6. The van der Waals surface area contributed by atoms with Crippen LogP contribution >= 0.6 is 0 Å². The highest BCUT2D eigenvalue weighted by atomic mass is 33.1. The molecule has 4 aliphatic rings. The number of nitrogens with zero attached hydrogens (tertiary/aromatic N) is 2. The number of esters is 2. The van der Waals surface area contributed by atoms with Gasteiger partial charge in [-0.05, 0) is 63.1 Å². The maximum atomic E-state index is 13.9. The van der Waals surface area contributed by atoms with Gasteiger partial charge in [-0.1, -0.05) is 12.1 Å². The van der Waals surface area contributed by atoms with Crippen molar-refractivity contribution < 1.29 is 46.4 Å². The molecule has 6 rings (SSSR count). The summed E-state index contributed by atoms with van der Waals surface area (Å²) >= 11 is 0. The predicted octanol–water partition coefficient (Wildman–Crippen LogP) is 2.93. The Kier molecular flexibility index (Phi) is 8.82. The van der Waals surface area contributed by atoms with Gasteiger partial charge >= 0.3 is 11.9 Å². The molecule has 2 N–H and O–H groups in total. The Balaban J connectivity index is 1.35. The third-order valence-electron chi connectivity index (χ3n) is 7.31. The molecule has 242 valence electrons. The normalized spacial score (nSPS) is 21.0. The Morgan fingerprint density at radius 2 is 1.11 bits per heavy atom. The van der Waals surface area contributed by atoms with Crippen LogP contribution in [-0.4, -0.2) is 57.5 Å². The standard InChI is InChI=1S/C30H30N4O10S2/c1-5-39-27(35)23-15(3)31-29(33-25(23)17-7-9-19-21(11-17)43-13-41-19)45(37)46(38)30-32-16(4)24(28(36)40-6-2)26(34-30)18-8-10-20-22(12-18)44-14-42-20/h7-12,25-26H,5-6,13-14H2,1-4H3,(H,31,33)(H,32,34). The molecule has 0 amide bonds. The molecule has 0 spiro atoms. The van der Waals surface area contributed by atoms with Gasteiger partial charge in [-0.3, -0.25) is 0 Å². The zero-order chi connectivity index (χ0) is 32.5. The summed E-state index contributed by atoms with van der Waals surface area (Å²) < 4.78 is 60.2. The summed E-state index contributed by atoms with van der Waals surface area (Å²) in [5.41, 5.74) is 2.13. The summed E-state index contributed by atoms with van der Waals surface area (Å²) in [6.45, 7) is 6.97. The van der Waals surface area contributed by atoms with Crippen molar-refractivity contribution in [2.45, 2.75) is 39.8 Å². The fourth-order valence-corrected chi connectivity index (χ4v) is 7.71. The molecule has 16 heteroatoms. The Bertz CT molecular complexity index is 1670. The van der Waals surface area contributed by atoms with E-state index in [1.807, 2.05) is 0 Å². The third-order valence-corrected chi connectivity index (χ3v) is 10.4. The van der Waals surface area contributed by atoms with E-state index in [1.54, 1.807) is 64.1 Å². The van der Waals surface area contributed by atoms with Crippen molar-refractivity contribution in [3.05, 3.63) is 70.1 Å². The van der Waals surface area contributed by atoms with E-state index < -0.39 is 43.7 Å². The van der Waals surface area contributed by atoms with Gasteiger partial charge in [-0.15, -0.1) is 0 Å². The number of nitrogens with one attached hydrogen (secondary N) is 2. The molecule has 4 aliphatic heterocycles.